The molecule has 1 atom stereocenters. The molecule has 104 valence electrons. The lowest BCUT2D eigenvalue weighted by Gasteiger charge is -2.18. The van der Waals surface area contributed by atoms with Crippen molar-refractivity contribution < 1.29 is 4.74 Å². The van der Waals surface area contributed by atoms with Crippen molar-refractivity contribution in [1.82, 2.24) is 10.2 Å². The van der Waals surface area contributed by atoms with E-state index in [2.05, 4.69) is 43.2 Å². The molecular weight excluding hydrogens is 244 g/mol. The molecule has 0 saturated carbocycles. The van der Waals surface area contributed by atoms with Gasteiger partial charge in [0.1, 0.15) is 0 Å². The third-order valence-electron chi connectivity index (χ3n) is 3.08. The second-order valence-electron chi connectivity index (χ2n) is 4.63. The Kier molecular flexibility index (Phi) is 7.51. The van der Waals surface area contributed by atoms with Crippen molar-refractivity contribution >= 4 is 11.3 Å². The van der Waals surface area contributed by atoms with Gasteiger partial charge >= 0.3 is 0 Å². The molecule has 18 heavy (non-hydrogen) atoms. The maximum Gasteiger partial charge on any atom is 0.0589 e. The number of methoxy groups -OCH3 is 1. The molecule has 1 rings (SSSR count). The zero-order valence-corrected chi connectivity index (χ0v) is 12.8. The van der Waals surface area contributed by atoms with Crippen LogP contribution in [0.15, 0.2) is 12.1 Å². The first-order valence-electron chi connectivity index (χ1n) is 6.66. The molecule has 1 N–H and O–H groups in total. The summed E-state index contributed by atoms with van der Waals surface area (Å²) in [5.41, 5.74) is 0. The largest absolute Gasteiger partial charge is 0.383 e. The minimum atomic E-state index is 0.450. The number of nitrogens with one attached hydrogen (secondary N) is 1. The fourth-order valence-corrected chi connectivity index (χ4v) is 2.73. The summed E-state index contributed by atoms with van der Waals surface area (Å²) in [7, 11) is 3.88. The maximum atomic E-state index is 5.06. The van der Waals surface area contributed by atoms with Crippen molar-refractivity contribution in [3.63, 3.8) is 0 Å². The summed E-state index contributed by atoms with van der Waals surface area (Å²) < 4.78 is 5.06. The van der Waals surface area contributed by atoms with E-state index in [1.165, 1.54) is 9.75 Å². The number of hydrogen-bond acceptors (Lipinski definition) is 4. The number of thiophene rings is 1. The second-order valence-corrected chi connectivity index (χ2v) is 5.83. The third-order valence-corrected chi connectivity index (χ3v) is 4.49. The van der Waals surface area contributed by atoms with Crippen LogP contribution >= 0.6 is 11.3 Å². The SMILES string of the molecule is CCc1ccc(C(C)NCCN(C)CCOC)s1. The van der Waals surface area contributed by atoms with Crippen molar-refractivity contribution in [3.05, 3.63) is 21.9 Å². The van der Waals surface area contributed by atoms with Crippen molar-refractivity contribution in [1.29, 1.82) is 0 Å². The highest BCUT2D eigenvalue weighted by Crippen LogP contribution is 2.23. The Bertz CT molecular complexity index is 327. The fourth-order valence-electron chi connectivity index (χ4n) is 1.75. The summed E-state index contributed by atoms with van der Waals surface area (Å²) in [6.45, 7) is 8.31. The van der Waals surface area contributed by atoms with Crippen LogP contribution in [-0.2, 0) is 11.2 Å². The summed E-state index contributed by atoms with van der Waals surface area (Å²) >= 11 is 1.92. The lowest BCUT2D eigenvalue weighted by Crippen LogP contribution is -2.32. The average Bonchev–Trinajstić information content (AvgIpc) is 2.85. The van der Waals surface area contributed by atoms with E-state index in [1.54, 1.807) is 7.11 Å². The molecule has 0 aliphatic carbocycles. The van der Waals surface area contributed by atoms with Crippen LogP contribution in [0.3, 0.4) is 0 Å². The molecule has 1 unspecified atom stereocenters. The maximum absolute atomic E-state index is 5.06. The zero-order valence-electron chi connectivity index (χ0n) is 12.0. The first-order valence-corrected chi connectivity index (χ1v) is 7.48. The monoisotopic (exact) mass is 270 g/mol. The Hall–Kier alpha value is -0.420. The van der Waals surface area contributed by atoms with Gasteiger partial charge in [0.2, 0.25) is 0 Å². The fraction of sp³-hybridized carbons (Fsp3) is 0.714. The number of hydrogen-bond donors (Lipinski definition) is 1. The first-order chi connectivity index (χ1) is 8.67. The highest BCUT2D eigenvalue weighted by molar-refractivity contribution is 7.12. The molecular formula is C14H26N2OS. The predicted octanol–water partition coefficient (Wildman–Crippen LogP) is 2.54. The summed E-state index contributed by atoms with van der Waals surface area (Å²) in [5, 5.41) is 3.57. The topological polar surface area (TPSA) is 24.5 Å². The number of likely N-dealkylation sites (N-methyl/N-ethyl adjacent to an activating group) is 1. The van der Waals surface area contributed by atoms with Crippen LogP contribution in [0.25, 0.3) is 0 Å². The molecule has 0 fully saturated rings. The first kappa shape index (κ1) is 15.6. The van der Waals surface area contributed by atoms with Gasteiger partial charge in [-0.15, -0.1) is 11.3 Å². The van der Waals surface area contributed by atoms with Gasteiger partial charge in [-0.1, -0.05) is 6.92 Å². The molecule has 1 heterocycles. The number of aryl methyl sites for hydroxylation is 1. The Morgan fingerprint density at radius 1 is 1.39 bits per heavy atom. The molecule has 3 nitrogen and oxygen atoms in total. The molecule has 0 radical (unpaired) electrons. The molecule has 0 amide bonds. The molecule has 0 spiro atoms. The van der Waals surface area contributed by atoms with Gasteiger partial charge in [0, 0.05) is 42.5 Å². The third kappa shape index (κ3) is 5.48. The molecule has 1 aromatic rings. The van der Waals surface area contributed by atoms with E-state index in [-0.39, 0.29) is 0 Å². The second kappa shape index (κ2) is 8.64. The normalized spacial score (nSPS) is 13.2. The molecule has 0 bridgehead atoms. The lowest BCUT2D eigenvalue weighted by atomic mass is 10.2. The zero-order chi connectivity index (χ0) is 13.4. The van der Waals surface area contributed by atoms with E-state index in [9.17, 15) is 0 Å². The quantitative estimate of drug-likeness (QED) is 0.746. The van der Waals surface area contributed by atoms with Gasteiger partial charge in [-0.2, -0.15) is 0 Å². The van der Waals surface area contributed by atoms with Crippen LogP contribution in [0.5, 0.6) is 0 Å². The van der Waals surface area contributed by atoms with Gasteiger partial charge in [-0.25, -0.2) is 0 Å². The van der Waals surface area contributed by atoms with Crippen molar-refractivity contribution in [2.24, 2.45) is 0 Å². The molecule has 0 aliphatic rings. The standard InChI is InChI=1S/C14H26N2OS/c1-5-13-6-7-14(18-13)12(2)15-8-9-16(3)10-11-17-4/h6-7,12,15H,5,8-11H2,1-4H3. The minimum absolute atomic E-state index is 0.450. The minimum Gasteiger partial charge on any atom is -0.383 e. The van der Waals surface area contributed by atoms with E-state index in [4.69, 9.17) is 4.74 Å². The summed E-state index contributed by atoms with van der Waals surface area (Å²) in [5.74, 6) is 0. The summed E-state index contributed by atoms with van der Waals surface area (Å²) in [6, 6.07) is 4.93. The Balaban J connectivity index is 2.22. The molecule has 1 aromatic heterocycles. The van der Waals surface area contributed by atoms with Crippen LogP contribution < -0.4 is 5.32 Å². The Morgan fingerprint density at radius 2 is 2.17 bits per heavy atom. The Morgan fingerprint density at radius 3 is 2.78 bits per heavy atom. The van der Waals surface area contributed by atoms with E-state index in [1.807, 2.05) is 11.3 Å². The molecule has 0 saturated heterocycles. The molecule has 4 heteroatoms. The van der Waals surface area contributed by atoms with Crippen LogP contribution in [0.1, 0.15) is 29.6 Å². The van der Waals surface area contributed by atoms with E-state index in [0.29, 0.717) is 6.04 Å². The summed E-state index contributed by atoms with van der Waals surface area (Å²) in [6.07, 6.45) is 1.14. The molecule has 0 aliphatic heterocycles. The van der Waals surface area contributed by atoms with Gasteiger partial charge in [0.25, 0.3) is 0 Å². The van der Waals surface area contributed by atoms with Gasteiger partial charge in [-0.05, 0) is 32.5 Å². The van der Waals surface area contributed by atoms with Crippen molar-refractivity contribution in [2.45, 2.75) is 26.3 Å². The van der Waals surface area contributed by atoms with Gasteiger partial charge in [0.15, 0.2) is 0 Å². The van der Waals surface area contributed by atoms with Crippen molar-refractivity contribution in [2.75, 3.05) is 40.4 Å². The smallest absolute Gasteiger partial charge is 0.0589 e. The van der Waals surface area contributed by atoms with E-state index >= 15 is 0 Å². The highest BCUT2D eigenvalue weighted by atomic mass is 32.1. The number of ether oxygens (including phenoxy) is 1. The van der Waals surface area contributed by atoms with Crippen LogP contribution in [0, 0.1) is 0 Å². The van der Waals surface area contributed by atoms with E-state index in [0.717, 1.165) is 32.7 Å². The van der Waals surface area contributed by atoms with Gasteiger partial charge < -0.3 is 15.0 Å². The van der Waals surface area contributed by atoms with E-state index < -0.39 is 0 Å². The van der Waals surface area contributed by atoms with Crippen molar-refractivity contribution in [3.8, 4) is 0 Å². The van der Waals surface area contributed by atoms with Crippen LogP contribution in [0.2, 0.25) is 0 Å². The predicted molar refractivity (Wildman–Crippen MR) is 79.5 cm³/mol. The Labute approximate surface area is 115 Å². The summed E-state index contributed by atoms with van der Waals surface area (Å²) in [4.78, 5) is 5.19. The van der Waals surface area contributed by atoms with Gasteiger partial charge in [-0.3, -0.25) is 0 Å². The van der Waals surface area contributed by atoms with Crippen LogP contribution in [-0.4, -0.2) is 45.3 Å². The number of rotatable bonds is 9. The average molecular weight is 270 g/mol. The molecule has 0 aromatic carbocycles. The van der Waals surface area contributed by atoms with Gasteiger partial charge in [0.05, 0.1) is 6.61 Å². The number of nitrogens with zero attached hydrogens (tertiary/aromatic N) is 1. The lowest BCUT2D eigenvalue weighted by molar-refractivity contribution is 0.161. The highest BCUT2D eigenvalue weighted by Gasteiger charge is 2.07. The van der Waals surface area contributed by atoms with Crippen LogP contribution in [0.4, 0.5) is 0 Å².